The fraction of sp³-hybridized carbons (Fsp3) is 0.600. The van der Waals surface area contributed by atoms with Gasteiger partial charge in [-0.25, -0.2) is 0 Å². The Balaban J connectivity index is 2.31. The molecule has 1 fully saturated rings. The van der Waals surface area contributed by atoms with Crippen LogP contribution in [0.4, 0.5) is 5.69 Å². The third-order valence-corrected chi connectivity index (χ3v) is 4.15. The Bertz CT molecular complexity index is 457. The molecular formula is C15H21BrClNO. The van der Waals surface area contributed by atoms with E-state index < -0.39 is 0 Å². The van der Waals surface area contributed by atoms with Gasteiger partial charge in [-0.05, 0) is 45.4 Å². The van der Waals surface area contributed by atoms with Crippen LogP contribution in [0.5, 0.6) is 0 Å². The number of alkyl halides is 1. The van der Waals surface area contributed by atoms with E-state index in [2.05, 4.69) is 60.7 Å². The van der Waals surface area contributed by atoms with Gasteiger partial charge < -0.3 is 9.64 Å². The minimum Gasteiger partial charge on any atom is -0.366 e. The van der Waals surface area contributed by atoms with E-state index in [9.17, 15) is 0 Å². The molecule has 1 aliphatic rings. The number of hydrogen-bond donors (Lipinski definition) is 0. The Kier molecular flexibility index (Phi) is 4.20. The van der Waals surface area contributed by atoms with Gasteiger partial charge in [0.1, 0.15) is 0 Å². The molecule has 0 bridgehead atoms. The van der Waals surface area contributed by atoms with Gasteiger partial charge in [0.05, 0.1) is 21.9 Å². The van der Waals surface area contributed by atoms with Crippen molar-refractivity contribution in [1.29, 1.82) is 0 Å². The molecule has 1 aromatic rings. The fourth-order valence-electron chi connectivity index (χ4n) is 2.85. The van der Waals surface area contributed by atoms with E-state index in [4.69, 9.17) is 16.3 Å². The molecule has 1 heterocycles. The predicted molar refractivity (Wildman–Crippen MR) is 85.5 cm³/mol. The summed E-state index contributed by atoms with van der Waals surface area (Å²) in [5.41, 5.74) is 1.95. The number of halogens is 2. The van der Waals surface area contributed by atoms with Gasteiger partial charge in [0.15, 0.2) is 0 Å². The quantitative estimate of drug-likeness (QED) is 0.724. The molecule has 106 valence electrons. The molecule has 0 unspecified atom stereocenters. The van der Waals surface area contributed by atoms with E-state index in [0.29, 0.717) is 0 Å². The molecule has 19 heavy (non-hydrogen) atoms. The molecule has 1 aliphatic heterocycles. The number of anilines is 1. The standard InChI is InChI=1S/C15H21BrClNO/c1-14(2)9-18(10-15(3,4)19-14)13-6-5-11(8-16)7-12(13)17/h5-7H,8-10H2,1-4H3. The molecule has 0 spiro atoms. The number of morpholine rings is 1. The number of hydrogen-bond acceptors (Lipinski definition) is 2. The predicted octanol–water partition coefficient (Wildman–Crippen LogP) is 4.63. The number of rotatable bonds is 2. The van der Waals surface area contributed by atoms with Gasteiger partial charge in [-0.3, -0.25) is 0 Å². The van der Waals surface area contributed by atoms with Gasteiger partial charge >= 0.3 is 0 Å². The van der Waals surface area contributed by atoms with Crippen LogP contribution >= 0.6 is 27.5 Å². The number of nitrogens with zero attached hydrogens (tertiary/aromatic N) is 1. The second-order valence-electron chi connectivity index (χ2n) is 6.40. The molecular weight excluding hydrogens is 326 g/mol. The van der Waals surface area contributed by atoms with E-state index in [1.807, 2.05) is 6.07 Å². The van der Waals surface area contributed by atoms with Crippen molar-refractivity contribution in [2.75, 3.05) is 18.0 Å². The molecule has 1 aromatic carbocycles. The Morgan fingerprint density at radius 3 is 2.26 bits per heavy atom. The van der Waals surface area contributed by atoms with Crippen LogP contribution in [-0.4, -0.2) is 24.3 Å². The van der Waals surface area contributed by atoms with Crippen molar-refractivity contribution in [3.63, 3.8) is 0 Å². The van der Waals surface area contributed by atoms with E-state index in [1.165, 1.54) is 5.56 Å². The van der Waals surface area contributed by atoms with Crippen LogP contribution in [0.1, 0.15) is 33.3 Å². The summed E-state index contributed by atoms with van der Waals surface area (Å²) in [6.45, 7) is 10.2. The summed E-state index contributed by atoms with van der Waals surface area (Å²) in [6, 6.07) is 6.25. The van der Waals surface area contributed by atoms with Crippen molar-refractivity contribution < 1.29 is 4.74 Å². The molecule has 0 atom stereocenters. The first-order valence-electron chi connectivity index (χ1n) is 6.52. The lowest BCUT2D eigenvalue weighted by molar-refractivity contribution is -0.133. The zero-order valence-corrected chi connectivity index (χ0v) is 14.3. The Morgan fingerprint density at radius 1 is 1.21 bits per heavy atom. The summed E-state index contributed by atoms with van der Waals surface area (Å²) in [7, 11) is 0. The molecule has 0 N–H and O–H groups in total. The van der Waals surface area contributed by atoms with E-state index >= 15 is 0 Å². The van der Waals surface area contributed by atoms with Crippen LogP contribution in [-0.2, 0) is 10.1 Å². The average molecular weight is 347 g/mol. The highest BCUT2D eigenvalue weighted by Gasteiger charge is 2.38. The largest absolute Gasteiger partial charge is 0.366 e. The summed E-state index contributed by atoms with van der Waals surface area (Å²) in [4.78, 5) is 2.32. The fourth-order valence-corrected chi connectivity index (χ4v) is 3.52. The van der Waals surface area contributed by atoms with E-state index in [-0.39, 0.29) is 11.2 Å². The number of ether oxygens (including phenoxy) is 1. The van der Waals surface area contributed by atoms with E-state index in [1.54, 1.807) is 0 Å². The molecule has 4 heteroatoms. The molecule has 0 aliphatic carbocycles. The molecule has 0 amide bonds. The summed E-state index contributed by atoms with van der Waals surface area (Å²) in [6.07, 6.45) is 0. The summed E-state index contributed by atoms with van der Waals surface area (Å²) in [5.74, 6) is 0. The maximum absolute atomic E-state index is 6.42. The lowest BCUT2D eigenvalue weighted by Gasteiger charge is -2.48. The van der Waals surface area contributed by atoms with Crippen molar-refractivity contribution in [1.82, 2.24) is 0 Å². The normalized spacial score (nSPS) is 21.5. The third kappa shape index (κ3) is 3.65. The monoisotopic (exact) mass is 345 g/mol. The first-order chi connectivity index (χ1) is 8.72. The van der Waals surface area contributed by atoms with Crippen LogP contribution < -0.4 is 4.90 Å². The van der Waals surface area contributed by atoms with Crippen molar-refractivity contribution >= 4 is 33.2 Å². The third-order valence-electron chi connectivity index (χ3n) is 3.20. The molecule has 1 saturated heterocycles. The molecule has 0 radical (unpaired) electrons. The van der Waals surface area contributed by atoms with Gasteiger partial charge in [0.2, 0.25) is 0 Å². The van der Waals surface area contributed by atoms with Crippen LogP contribution in [0.2, 0.25) is 5.02 Å². The van der Waals surface area contributed by atoms with Crippen LogP contribution in [0.25, 0.3) is 0 Å². The average Bonchev–Trinajstić information content (AvgIpc) is 2.24. The molecule has 2 nitrogen and oxygen atoms in total. The minimum absolute atomic E-state index is 0.167. The molecule has 0 saturated carbocycles. The Labute approximate surface area is 129 Å². The Hall–Kier alpha value is -0.250. The smallest absolute Gasteiger partial charge is 0.0808 e. The van der Waals surface area contributed by atoms with Crippen molar-refractivity contribution in [3.05, 3.63) is 28.8 Å². The zero-order chi connectivity index (χ0) is 14.3. The Morgan fingerprint density at radius 2 is 1.79 bits per heavy atom. The van der Waals surface area contributed by atoms with Crippen LogP contribution in [0, 0.1) is 0 Å². The minimum atomic E-state index is -0.167. The van der Waals surface area contributed by atoms with Crippen LogP contribution in [0.3, 0.4) is 0 Å². The lowest BCUT2D eigenvalue weighted by Crippen LogP contribution is -2.57. The van der Waals surface area contributed by atoms with Crippen molar-refractivity contribution in [2.24, 2.45) is 0 Å². The van der Waals surface area contributed by atoms with Gasteiger partial charge in [0.25, 0.3) is 0 Å². The topological polar surface area (TPSA) is 12.5 Å². The van der Waals surface area contributed by atoms with Crippen molar-refractivity contribution in [2.45, 2.75) is 44.2 Å². The SMILES string of the molecule is CC1(C)CN(c2ccc(CBr)cc2Cl)CC(C)(C)O1. The van der Waals surface area contributed by atoms with Gasteiger partial charge in [-0.15, -0.1) is 0 Å². The zero-order valence-electron chi connectivity index (χ0n) is 12.0. The highest BCUT2D eigenvalue weighted by atomic mass is 79.9. The summed E-state index contributed by atoms with van der Waals surface area (Å²) in [5, 5.41) is 1.64. The second kappa shape index (κ2) is 5.27. The number of benzene rings is 1. The first-order valence-corrected chi connectivity index (χ1v) is 8.02. The maximum atomic E-state index is 6.42. The molecule has 2 rings (SSSR count). The summed E-state index contributed by atoms with van der Waals surface area (Å²) < 4.78 is 6.11. The maximum Gasteiger partial charge on any atom is 0.0808 e. The molecule has 0 aromatic heterocycles. The highest BCUT2D eigenvalue weighted by molar-refractivity contribution is 9.08. The first kappa shape index (κ1) is 15.1. The highest BCUT2D eigenvalue weighted by Crippen LogP contribution is 2.35. The van der Waals surface area contributed by atoms with Gasteiger partial charge in [-0.2, -0.15) is 0 Å². The van der Waals surface area contributed by atoms with Gasteiger partial charge in [0, 0.05) is 18.4 Å². The van der Waals surface area contributed by atoms with Crippen molar-refractivity contribution in [3.8, 4) is 0 Å². The lowest BCUT2D eigenvalue weighted by atomic mass is 9.98. The van der Waals surface area contributed by atoms with E-state index in [0.717, 1.165) is 29.1 Å². The van der Waals surface area contributed by atoms with Gasteiger partial charge in [-0.1, -0.05) is 33.6 Å². The summed E-state index contributed by atoms with van der Waals surface area (Å²) >= 11 is 9.88. The van der Waals surface area contributed by atoms with Crippen LogP contribution in [0.15, 0.2) is 18.2 Å². The second-order valence-corrected chi connectivity index (χ2v) is 7.36.